The maximum absolute atomic E-state index is 13.1. The molecule has 0 saturated heterocycles. The molecule has 0 spiro atoms. The van der Waals surface area contributed by atoms with Crippen molar-refractivity contribution in [3.63, 3.8) is 0 Å². The average Bonchev–Trinajstić information content (AvgIpc) is 2.81. The molecule has 0 heterocycles. The molecule has 162 valence electrons. The summed E-state index contributed by atoms with van der Waals surface area (Å²) in [5.74, 6) is 1.27. The van der Waals surface area contributed by atoms with E-state index in [4.69, 9.17) is 9.47 Å². The van der Waals surface area contributed by atoms with Gasteiger partial charge in [-0.15, -0.1) is 0 Å². The Morgan fingerprint density at radius 1 is 0.806 bits per heavy atom. The van der Waals surface area contributed by atoms with E-state index in [2.05, 4.69) is 5.32 Å². The zero-order valence-corrected chi connectivity index (χ0v) is 18.5. The van der Waals surface area contributed by atoms with E-state index >= 15 is 0 Å². The molecule has 0 bridgehead atoms. The Labute approximate surface area is 185 Å². The Hall–Kier alpha value is -3.11. The molecule has 0 aromatic heterocycles. The molecule has 0 saturated carbocycles. The molecule has 4 nitrogen and oxygen atoms in total. The van der Waals surface area contributed by atoms with Crippen molar-refractivity contribution in [2.45, 2.75) is 52.5 Å². The molecule has 3 aromatic rings. The summed E-state index contributed by atoms with van der Waals surface area (Å²) in [7, 11) is 0. The highest BCUT2D eigenvalue weighted by atomic mass is 16.5. The van der Waals surface area contributed by atoms with Crippen molar-refractivity contribution in [2.24, 2.45) is 0 Å². The SMILES string of the molecule is CCC(NC(C)C)C(=O)c1ccc(OCc2ccccc2)c(OCc2ccccc2)c1. The predicted octanol–water partition coefficient (Wildman–Crippen LogP) is 5.80. The van der Waals surface area contributed by atoms with Gasteiger partial charge in [0.2, 0.25) is 0 Å². The van der Waals surface area contributed by atoms with Crippen molar-refractivity contribution < 1.29 is 14.3 Å². The molecule has 3 rings (SSSR count). The van der Waals surface area contributed by atoms with Crippen molar-refractivity contribution in [1.82, 2.24) is 5.32 Å². The minimum absolute atomic E-state index is 0.0652. The van der Waals surface area contributed by atoms with Crippen molar-refractivity contribution in [3.8, 4) is 11.5 Å². The first-order valence-electron chi connectivity index (χ1n) is 10.8. The molecule has 1 atom stereocenters. The first-order valence-corrected chi connectivity index (χ1v) is 10.8. The van der Waals surface area contributed by atoms with Crippen molar-refractivity contribution in [3.05, 3.63) is 95.6 Å². The summed E-state index contributed by atoms with van der Waals surface area (Å²) in [6.45, 7) is 6.95. The number of benzene rings is 3. The van der Waals surface area contributed by atoms with E-state index in [1.165, 1.54) is 0 Å². The third-order valence-corrected chi connectivity index (χ3v) is 4.96. The zero-order valence-electron chi connectivity index (χ0n) is 18.5. The van der Waals surface area contributed by atoms with Gasteiger partial charge in [0, 0.05) is 11.6 Å². The molecule has 0 aliphatic heterocycles. The van der Waals surface area contributed by atoms with Crippen LogP contribution in [0.25, 0.3) is 0 Å². The van der Waals surface area contributed by atoms with Crippen molar-refractivity contribution in [2.75, 3.05) is 0 Å². The lowest BCUT2D eigenvalue weighted by molar-refractivity contribution is 0.0935. The number of ketones is 1. The number of ether oxygens (including phenoxy) is 2. The highest BCUT2D eigenvalue weighted by Gasteiger charge is 2.20. The van der Waals surface area contributed by atoms with Crippen LogP contribution in [0.15, 0.2) is 78.9 Å². The summed E-state index contributed by atoms with van der Waals surface area (Å²) in [4.78, 5) is 13.1. The van der Waals surface area contributed by atoms with Gasteiger partial charge in [0.25, 0.3) is 0 Å². The summed E-state index contributed by atoms with van der Waals surface area (Å²) in [5.41, 5.74) is 2.75. The second-order valence-electron chi connectivity index (χ2n) is 7.86. The third kappa shape index (κ3) is 6.69. The first-order chi connectivity index (χ1) is 15.1. The number of nitrogens with one attached hydrogen (secondary N) is 1. The fourth-order valence-electron chi connectivity index (χ4n) is 3.35. The van der Waals surface area contributed by atoms with Crippen LogP contribution in [-0.2, 0) is 13.2 Å². The first kappa shape index (κ1) is 22.6. The highest BCUT2D eigenvalue weighted by molar-refractivity contribution is 6.00. The van der Waals surface area contributed by atoms with Crippen molar-refractivity contribution in [1.29, 1.82) is 0 Å². The Morgan fingerprint density at radius 3 is 1.87 bits per heavy atom. The van der Waals surface area contributed by atoms with Crippen molar-refractivity contribution >= 4 is 5.78 Å². The van der Waals surface area contributed by atoms with Gasteiger partial charge in [0.15, 0.2) is 17.3 Å². The molecular weight excluding hydrogens is 386 g/mol. The van der Waals surface area contributed by atoms with Crippen LogP contribution in [-0.4, -0.2) is 17.9 Å². The summed E-state index contributed by atoms with van der Waals surface area (Å²) in [6, 6.07) is 25.4. The normalized spacial score (nSPS) is 11.9. The quantitative estimate of drug-likeness (QED) is 0.400. The largest absolute Gasteiger partial charge is 0.485 e. The van der Waals surface area contributed by atoms with E-state index in [0.29, 0.717) is 30.3 Å². The van der Waals surface area contributed by atoms with Gasteiger partial charge in [-0.2, -0.15) is 0 Å². The summed E-state index contributed by atoms with van der Waals surface area (Å²) in [6.07, 6.45) is 0.726. The molecule has 0 radical (unpaired) electrons. The van der Waals surface area contributed by atoms with Gasteiger partial charge in [-0.3, -0.25) is 4.79 Å². The highest BCUT2D eigenvalue weighted by Crippen LogP contribution is 2.31. The third-order valence-electron chi connectivity index (χ3n) is 4.96. The van der Waals surface area contributed by atoms with Gasteiger partial charge in [-0.05, 0) is 35.7 Å². The van der Waals surface area contributed by atoms with Crippen LogP contribution in [0.5, 0.6) is 11.5 Å². The molecule has 3 aromatic carbocycles. The lowest BCUT2D eigenvalue weighted by atomic mass is 10.0. The molecule has 4 heteroatoms. The molecule has 0 fully saturated rings. The fourth-order valence-corrected chi connectivity index (χ4v) is 3.35. The standard InChI is InChI=1S/C27H31NO3/c1-4-24(28-20(2)3)27(29)23-15-16-25(30-18-21-11-7-5-8-12-21)26(17-23)31-19-22-13-9-6-10-14-22/h5-17,20,24,28H,4,18-19H2,1-3H3. The minimum atomic E-state index is -0.224. The number of carbonyl (C=O) groups is 1. The monoisotopic (exact) mass is 417 g/mol. The van der Waals surface area contributed by atoms with Crippen LogP contribution in [0.3, 0.4) is 0 Å². The van der Waals surface area contributed by atoms with Gasteiger partial charge in [-0.25, -0.2) is 0 Å². The summed E-state index contributed by atoms with van der Waals surface area (Å²) < 4.78 is 12.1. The number of rotatable bonds is 11. The van der Waals surface area contributed by atoms with Crippen LogP contribution in [0, 0.1) is 0 Å². The van der Waals surface area contributed by atoms with Crippen LogP contribution in [0.1, 0.15) is 48.7 Å². The molecule has 0 aliphatic rings. The second-order valence-corrected chi connectivity index (χ2v) is 7.86. The molecule has 0 amide bonds. The Morgan fingerprint density at radius 2 is 1.35 bits per heavy atom. The van der Waals surface area contributed by atoms with Gasteiger partial charge in [0.1, 0.15) is 13.2 Å². The predicted molar refractivity (Wildman–Crippen MR) is 125 cm³/mol. The molecular formula is C27H31NO3. The molecule has 1 N–H and O–H groups in total. The maximum Gasteiger partial charge on any atom is 0.179 e. The van der Waals surface area contributed by atoms with E-state index in [1.807, 2.05) is 93.6 Å². The van der Waals surface area contributed by atoms with E-state index in [1.54, 1.807) is 6.07 Å². The Kier molecular flexibility index (Phi) is 8.25. The Balaban J connectivity index is 1.82. The molecule has 0 aliphatic carbocycles. The minimum Gasteiger partial charge on any atom is -0.485 e. The molecule has 31 heavy (non-hydrogen) atoms. The van der Waals surface area contributed by atoms with E-state index < -0.39 is 0 Å². The van der Waals surface area contributed by atoms with E-state index in [0.717, 1.165) is 17.5 Å². The number of hydrogen-bond acceptors (Lipinski definition) is 4. The van der Waals surface area contributed by atoms with Gasteiger partial charge >= 0.3 is 0 Å². The van der Waals surface area contributed by atoms with Gasteiger partial charge in [0.05, 0.1) is 6.04 Å². The average molecular weight is 418 g/mol. The van der Waals surface area contributed by atoms with Crippen LogP contribution in [0.4, 0.5) is 0 Å². The summed E-state index contributed by atoms with van der Waals surface area (Å²) >= 11 is 0. The zero-order chi connectivity index (χ0) is 22.1. The lowest BCUT2D eigenvalue weighted by Crippen LogP contribution is -2.40. The van der Waals surface area contributed by atoms with E-state index in [9.17, 15) is 4.79 Å². The lowest BCUT2D eigenvalue weighted by Gasteiger charge is -2.20. The Bertz CT molecular complexity index is 955. The van der Waals surface area contributed by atoms with Gasteiger partial charge < -0.3 is 14.8 Å². The summed E-state index contributed by atoms with van der Waals surface area (Å²) in [5, 5.41) is 3.34. The number of Topliss-reactive ketones (excluding diaryl/α,β-unsaturated/α-hetero) is 1. The second kappa shape index (κ2) is 11.3. The van der Waals surface area contributed by atoms with Crippen LogP contribution < -0.4 is 14.8 Å². The van der Waals surface area contributed by atoms with Gasteiger partial charge in [-0.1, -0.05) is 81.4 Å². The number of hydrogen-bond donors (Lipinski definition) is 1. The van der Waals surface area contributed by atoms with Crippen LogP contribution >= 0.6 is 0 Å². The molecule has 1 unspecified atom stereocenters. The van der Waals surface area contributed by atoms with Crippen LogP contribution in [0.2, 0.25) is 0 Å². The smallest absolute Gasteiger partial charge is 0.179 e. The number of carbonyl (C=O) groups excluding carboxylic acids is 1. The maximum atomic E-state index is 13.1. The fraction of sp³-hybridized carbons (Fsp3) is 0.296. The van der Waals surface area contributed by atoms with E-state index in [-0.39, 0.29) is 17.9 Å². The topological polar surface area (TPSA) is 47.6 Å².